The van der Waals surface area contributed by atoms with Gasteiger partial charge in [-0.3, -0.25) is 0 Å². The van der Waals surface area contributed by atoms with E-state index in [-0.39, 0.29) is 0 Å². The molecule has 0 aromatic rings. The first kappa shape index (κ1) is 23.3. The zero-order valence-electron chi connectivity index (χ0n) is 14.2. The molecule has 2 rings (SSSR count). The summed E-state index contributed by atoms with van der Waals surface area (Å²) in [7, 11) is 0. The van der Waals surface area contributed by atoms with Gasteiger partial charge in [0, 0.05) is 0 Å². The summed E-state index contributed by atoms with van der Waals surface area (Å²) < 4.78 is 27.5. The third kappa shape index (κ3) is 7.06. The van der Waals surface area contributed by atoms with E-state index in [1.54, 1.807) is 0 Å². The molecule has 0 aromatic heterocycles. The van der Waals surface area contributed by atoms with Crippen molar-refractivity contribution in [3.63, 3.8) is 0 Å². The van der Waals surface area contributed by atoms with Crippen molar-refractivity contribution in [1.82, 2.24) is 0 Å². The van der Waals surface area contributed by atoms with E-state index in [4.69, 9.17) is 0 Å². The molecule has 2 fully saturated rings. The van der Waals surface area contributed by atoms with Gasteiger partial charge in [0.25, 0.3) is 0 Å². The van der Waals surface area contributed by atoms with Crippen LogP contribution in [0.4, 0.5) is 0 Å². The number of hydrogen-bond donors (Lipinski definition) is 3. The molecule has 0 aromatic carbocycles. The molecule has 0 saturated carbocycles. The summed E-state index contributed by atoms with van der Waals surface area (Å²) in [6.45, 7) is 0. The van der Waals surface area contributed by atoms with Gasteiger partial charge in [-0.15, -0.1) is 0 Å². The molecular formula is C12H12Ga2O15. The summed E-state index contributed by atoms with van der Waals surface area (Å²) in [5.41, 5.74) is 0. The second-order valence-corrected chi connectivity index (χ2v) is 10.9. The molecule has 0 aliphatic carbocycles. The average Bonchev–Trinajstić information content (AvgIpc) is 2.79. The zero-order valence-corrected chi connectivity index (χ0v) is 19.1. The van der Waals surface area contributed by atoms with Gasteiger partial charge in [0.15, 0.2) is 0 Å². The Balaban J connectivity index is 1.86. The molecule has 2 aliphatic heterocycles. The zero-order chi connectivity index (χ0) is 21.7. The summed E-state index contributed by atoms with van der Waals surface area (Å²) >= 11 is -8.46. The van der Waals surface area contributed by atoms with Gasteiger partial charge in [0.1, 0.15) is 0 Å². The fourth-order valence-corrected chi connectivity index (χ4v) is 6.60. The molecule has 3 unspecified atom stereocenters. The van der Waals surface area contributed by atoms with Crippen LogP contribution in [0.15, 0.2) is 0 Å². The van der Waals surface area contributed by atoms with Crippen molar-refractivity contribution in [3.8, 4) is 0 Å². The number of hydrogen-bond acceptors (Lipinski definition) is 15. The van der Waals surface area contributed by atoms with E-state index in [1.807, 2.05) is 0 Å². The van der Waals surface area contributed by atoms with Crippen molar-refractivity contribution in [2.24, 2.45) is 0 Å². The molecule has 2 heterocycles. The average molecular weight is 536 g/mol. The summed E-state index contributed by atoms with van der Waals surface area (Å²) in [4.78, 5) is 68.8. The number of rotatable bonds is 5. The predicted molar refractivity (Wildman–Crippen MR) is 79.9 cm³/mol. The van der Waals surface area contributed by atoms with Gasteiger partial charge < -0.3 is 0 Å². The van der Waals surface area contributed by atoms with E-state index in [0.717, 1.165) is 0 Å². The maximum absolute atomic E-state index is 11.8. The van der Waals surface area contributed by atoms with Crippen molar-refractivity contribution in [3.05, 3.63) is 0 Å². The van der Waals surface area contributed by atoms with Gasteiger partial charge >= 0.3 is 173 Å². The van der Waals surface area contributed by atoms with Crippen molar-refractivity contribution in [1.29, 1.82) is 0 Å². The summed E-state index contributed by atoms with van der Waals surface area (Å²) in [5.74, 6) is -7.33. The Hall–Kier alpha value is -2.03. The number of carbonyl (C=O) groups excluding carboxylic acids is 6. The van der Waals surface area contributed by atoms with Crippen LogP contribution in [-0.2, 0) is 49.9 Å². The normalized spacial score (nSPS) is 23.6. The van der Waals surface area contributed by atoms with E-state index in [2.05, 4.69) is 21.2 Å². The fourth-order valence-electron chi connectivity index (χ4n) is 1.85. The van der Waals surface area contributed by atoms with Crippen molar-refractivity contribution in [2.45, 2.75) is 37.6 Å². The first-order valence-electron chi connectivity index (χ1n) is 7.79. The van der Waals surface area contributed by atoms with Crippen molar-refractivity contribution < 1.29 is 65.3 Å². The van der Waals surface area contributed by atoms with E-state index in [0.29, 0.717) is 0 Å². The summed E-state index contributed by atoms with van der Waals surface area (Å²) in [6.07, 6.45) is -8.12. The standard InChI is InChI=1S/3C4H6O5.2Ga/c3*5-2(4(8)9)1-3(6)7;;/h3*2,5H,1H2,(H,6,7)(H,8,9);;/q;;;2*+3/p-6. The van der Waals surface area contributed by atoms with E-state index >= 15 is 0 Å². The van der Waals surface area contributed by atoms with Gasteiger partial charge in [-0.1, -0.05) is 0 Å². The van der Waals surface area contributed by atoms with Crippen LogP contribution in [0.1, 0.15) is 19.3 Å². The minimum atomic E-state index is -4.26. The molecule has 3 atom stereocenters. The SMILES string of the molecule is O=C1CC(O)C(=O)[O][Ga]([O]C(=O)CC(O)C(=O)[O][Ga]2[O]C(=O)CC(O)C(=O)[O]2)[O]1. The predicted octanol–water partition coefficient (Wildman–Crippen LogP) is -4.50. The topological polar surface area (TPSA) is 218 Å². The molecule has 3 N–H and O–H groups in total. The molecule has 0 radical (unpaired) electrons. The first-order chi connectivity index (χ1) is 13.5. The van der Waals surface area contributed by atoms with Crippen LogP contribution in [0.3, 0.4) is 0 Å². The van der Waals surface area contributed by atoms with E-state index < -0.39 is 108 Å². The Bertz CT molecular complexity index is 722. The van der Waals surface area contributed by atoms with Gasteiger partial charge in [-0.25, -0.2) is 0 Å². The van der Waals surface area contributed by atoms with Crippen LogP contribution in [0.25, 0.3) is 0 Å². The second kappa shape index (κ2) is 10.1. The molecule has 0 spiro atoms. The molecule has 2 aliphatic rings. The molecule has 15 nitrogen and oxygen atoms in total. The van der Waals surface area contributed by atoms with E-state index in [9.17, 15) is 44.1 Å². The van der Waals surface area contributed by atoms with Crippen LogP contribution in [-0.4, -0.2) is 104 Å². The monoisotopic (exact) mass is 534 g/mol. The molecule has 0 bridgehead atoms. The second-order valence-electron chi connectivity index (χ2n) is 5.52. The quantitative estimate of drug-likeness (QED) is 0.282. The Labute approximate surface area is 173 Å². The molecule has 29 heavy (non-hydrogen) atoms. The van der Waals surface area contributed by atoms with Gasteiger partial charge in [-0.2, -0.15) is 0 Å². The third-order valence-electron chi connectivity index (χ3n) is 3.22. The van der Waals surface area contributed by atoms with Gasteiger partial charge in [-0.05, 0) is 0 Å². The van der Waals surface area contributed by atoms with Crippen LogP contribution < -0.4 is 0 Å². The Kier molecular flexibility index (Phi) is 8.13. The van der Waals surface area contributed by atoms with Crippen LogP contribution in [0, 0.1) is 0 Å². The van der Waals surface area contributed by atoms with Crippen LogP contribution in [0.5, 0.6) is 0 Å². The number of aliphatic hydroxyl groups excluding tert-OH is 3. The summed E-state index contributed by atoms with van der Waals surface area (Å²) in [6, 6.07) is 0. The Morgan fingerprint density at radius 2 is 1.34 bits per heavy atom. The Morgan fingerprint density at radius 3 is 1.83 bits per heavy atom. The number of aliphatic hydroxyl groups is 3. The van der Waals surface area contributed by atoms with E-state index in [1.165, 1.54) is 0 Å². The van der Waals surface area contributed by atoms with Crippen molar-refractivity contribution >= 4 is 70.4 Å². The molecule has 2 saturated heterocycles. The fraction of sp³-hybridized carbons (Fsp3) is 0.500. The van der Waals surface area contributed by atoms with Crippen LogP contribution in [0.2, 0.25) is 0 Å². The molecule has 17 heteroatoms. The first-order valence-corrected chi connectivity index (χ1v) is 13.7. The van der Waals surface area contributed by atoms with Gasteiger partial charge in [0.05, 0.1) is 0 Å². The minimum absolute atomic E-state index is 0.688. The van der Waals surface area contributed by atoms with Crippen LogP contribution >= 0.6 is 0 Å². The van der Waals surface area contributed by atoms with Crippen molar-refractivity contribution in [2.75, 3.05) is 0 Å². The summed E-state index contributed by atoms with van der Waals surface area (Å²) in [5, 5.41) is 28.2. The Morgan fingerprint density at radius 1 is 0.897 bits per heavy atom. The maximum atomic E-state index is 11.8. The molecule has 156 valence electrons. The third-order valence-corrected chi connectivity index (χ3v) is 8.76. The molecule has 0 amide bonds. The number of carbonyl (C=O) groups is 6. The molecular weight excluding hydrogens is 524 g/mol. The van der Waals surface area contributed by atoms with Gasteiger partial charge in [0.2, 0.25) is 0 Å².